The van der Waals surface area contributed by atoms with Gasteiger partial charge in [-0.25, -0.2) is 0 Å². The van der Waals surface area contributed by atoms with Gasteiger partial charge in [-0.2, -0.15) is 0 Å². The van der Waals surface area contributed by atoms with Crippen molar-refractivity contribution in [1.29, 1.82) is 0 Å². The Morgan fingerprint density at radius 2 is 2.00 bits per heavy atom. The van der Waals surface area contributed by atoms with Crippen LogP contribution in [0.25, 0.3) is 0 Å². The van der Waals surface area contributed by atoms with Gasteiger partial charge in [0.2, 0.25) is 0 Å². The molecule has 0 bridgehead atoms. The monoisotopic (exact) mass is 250 g/mol. The molecular weight excluding hydrogens is 228 g/mol. The summed E-state index contributed by atoms with van der Waals surface area (Å²) >= 11 is 0. The third-order valence-electron chi connectivity index (χ3n) is 2.78. The lowest BCUT2D eigenvalue weighted by atomic mass is 10.2. The Labute approximate surface area is 109 Å². The molecule has 0 saturated heterocycles. The molecule has 0 fully saturated rings. The fourth-order valence-corrected chi connectivity index (χ4v) is 1.84. The lowest BCUT2D eigenvalue weighted by Gasteiger charge is -2.21. The van der Waals surface area contributed by atoms with Crippen LogP contribution in [0.4, 0.5) is 0 Å². The number of carbonyl (C=O) groups is 1. The van der Waals surface area contributed by atoms with E-state index >= 15 is 0 Å². The summed E-state index contributed by atoms with van der Waals surface area (Å²) in [4.78, 5) is 13.3. The number of nitrogens with two attached hydrogens (primary N) is 1. The Balaban J connectivity index is 2.37. The molecule has 4 nitrogen and oxygen atoms in total. The molecule has 0 aromatic heterocycles. The zero-order chi connectivity index (χ0) is 13.2. The Morgan fingerprint density at radius 1 is 1.28 bits per heavy atom. The highest BCUT2D eigenvalue weighted by Crippen LogP contribution is 2.05. The highest BCUT2D eigenvalue weighted by Gasteiger charge is 2.06. The van der Waals surface area contributed by atoms with Gasteiger partial charge in [0.1, 0.15) is 0 Å². The first-order valence-corrected chi connectivity index (χ1v) is 6.29. The number of ether oxygens (including phenoxy) is 1. The molecular formula is C14H22N2O2. The van der Waals surface area contributed by atoms with Crippen LogP contribution < -0.4 is 5.73 Å². The predicted molar refractivity (Wildman–Crippen MR) is 72.0 cm³/mol. The summed E-state index contributed by atoms with van der Waals surface area (Å²) in [5.41, 5.74) is 6.88. The van der Waals surface area contributed by atoms with E-state index in [4.69, 9.17) is 5.73 Å². The molecule has 0 aliphatic carbocycles. The molecule has 0 aliphatic heterocycles. The van der Waals surface area contributed by atoms with E-state index < -0.39 is 0 Å². The van der Waals surface area contributed by atoms with Gasteiger partial charge in [0.15, 0.2) is 0 Å². The number of nitrogens with zero attached hydrogens (tertiary/aromatic N) is 1. The Morgan fingerprint density at radius 3 is 2.61 bits per heavy atom. The first-order valence-electron chi connectivity index (χ1n) is 6.29. The number of methoxy groups -OCH3 is 1. The average molecular weight is 250 g/mol. The van der Waals surface area contributed by atoms with E-state index in [-0.39, 0.29) is 5.97 Å². The molecule has 1 aromatic carbocycles. The molecule has 0 atom stereocenters. The number of benzene rings is 1. The number of hydrogen-bond donors (Lipinski definition) is 1. The van der Waals surface area contributed by atoms with Crippen LogP contribution in [0.15, 0.2) is 30.3 Å². The molecule has 0 spiro atoms. The van der Waals surface area contributed by atoms with E-state index in [0.29, 0.717) is 13.0 Å². The first kappa shape index (κ1) is 14.7. The molecule has 4 heteroatoms. The maximum atomic E-state index is 11.0. The summed E-state index contributed by atoms with van der Waals surface area (Å²) in [7, 11) is 1.42. The summed E-state index contributed by atoms with van der Waals surface area (Å²) in [6, 6.07) is 10.3. The molecule has 0 aliphatic rings. The molecule has 18 heavy (non-hydrogen) atoms. The van der Waals surface area contributed by atoms with Crippen molar-refractivity contribution in [3.05, 3.63) is 35.9 Å². The maximum Gasteiger partial charge on any atom is 0.305 e. The van der Waals surface area contributed by atoms with E-state index in [0.717, 1.165) is 26.1 Å². The van der Waals surface area contributed by atoms with Crippen LogP contribution in [0.2, 0.25) is 0 Å². The minimum absolute atomic E-state index is 0.151. The van der Waals surface area contributed by atoms with Crippen molar-refractivity contribution in [2.24, 2.45) is 5.73 Å². The molecule has 0 radical (unpaired) electrons. The molecule has 1 aromatic rings. The van der Waals surface area contributed by atoms with Crippen LogP contribution in [0.3, 0.4) is 0 Å². The fourth-order valence-electron chi connectivity index (χ4n) is 1.84. The number of carbonyl (C=O) groups excluding carboxylic acids is 1. The second-order valence-electron chi connectivity index (χ2n) is 4.23. The Kier molecular flexibility index (Phi) is 7.06. The topological polar surface area (TPSA) is 55.6 Å². The van der Waals surface area contributed by atoms with E-state index in [2.05, 4.69) is 21.8 Å². The van der Waals surface area contributed by atoms with Crippen LogP contribution >= 0.6 is 0 Å². The summed E-state index contributed by atoms with van der Waals surface area (Å²) in [6.45, 7) is 3.21. The van der Waals surface area contributed by atoms with Gasteiger partial charge in [0.05, 0.1) is 7.11 Å². The van der Waals surface area contributed by atoms with Gasteiger partial charge in [0, 0.05) is 26.1 Å². The van der Waals surface area contributed by atoms with Gasteiger partial charge in [0.25, 0.3) is 0 Å². The summed E-state index contributed by atoms with van der Waals surface area (Å²) in [5, 5.41) is 0. The molecule has 0 saturated carbocycles. The third kappa shape index (κ3) is 5.80. The lowest BCUT2D eigenvalue weighted by molar-refractivity contribution is -0.140. The second-order valence-corrected chi connectivity index (χ2v) is 4.23. The van der Waals surface area contributed by atoms with Gasteiger partial charge in [-0.05, 0) is 18.5 Å². The molecule has 1 rings (SSSR count). The van der Waals surface area contributed by atoms with Crippen molar-refractivity contribution >= 4 is 5.97 Å². The van der Waals surface area contributed by atoms with Gasteiger partial charge >= 0.3 is 5.97 Å². The third-order valence-corrected chi connectivity index (χ3v) is 2.78. The van der Waals surface area contributed by atoms with Crippen molar-refractivity contribution in [2.45, 2.75) is 19.4 Å². The van der Waals surface area contributed by atoms with Gasteiger partial charge < -0.3 is 10.5 Å². The van der Waals surface area contributed by atoms with Crippen molar-refractivity contribution in [3.63, 3.8) is 0 Å². The molecule has 0 heterocycles. The maximum absolute atomic E-state index is 11.0. The van der Waals surface area contributed by atoms with E-state index in [1.807, 2.05) is 18.2 Å². The predicted octanol–water partition coefficient (Wildman–Crippen LogP) is 1.40. The number of hydrogen-bond acceptors (Lipinski definition) is 4. The normalized spacial score (nSPS) is 10.6. The molecule has 0 unspecified atom stereocenters. The number of rotatable bonds is 8. The SMILES string of the molecule is COC(=O)CCCN(CCN)Cc1ccccc1. The fraction of sp³-hybridized carbons (Fsp3) is 0.500. The van der Waals surface area contributed by atoms with Crippen LogP contribution in [0.1, 0.15) is 18.4 Å². The quantitative estimate of drug-likeness (QED) is 0.709. The van der Waals surface area contributed by atoms with Crippen LogP contribution in [0, 0.1) is 0 Å². The summed E-state index contributed by atoms with van der Waals surface area (Å²) in [5.74, 6) is -0.151. The average Bonchev–Trinajstić information content (AvgIpc) is 2.40. The highest BCUT2D eigenvalue weighted by molar-refractivity contribution is 5.69. The molecule has 0 amide bonds. The minimum atomic E-state index is -0.151. The van der Waals surface area contributed by atoms with Gasteiger partial charge in [-0.3, -0.25) is 9.69 Å². The van der Waals surface area contributed by atoms with Gasteiger partial charge in [-0.1, -0.05) is 30.3 Å². The van der Waals surface area contributed by atoms with Crippen molar-refractivity contribution in [3.8, 4) is 0 Å². The Hall–Kier alpha value is -1.39. The lowest BCUT2D eigenvalue weighted by Crippen LogP contribution is -2.30. The summed E-state index contributed by atoms with van der Waals surface area (Å²) < 4.78 is 4.63. The highest BCUT2D eigenvalue weighted by atomic mass is 16.5. The van der Waals surface area contributed by atoms with Crippen molar-refractivity contribution in [2.75, 3.05) is 26.7 Å². The van der Waals surface area contributed by atoms with Crippen LogP contribution in [-0.4, -0.2) is 37.6 Å². The smallest absolute Gasteiger partial charge is 0.305 e. The number of esters is 1. The van der Waals surface area contributed by atoms with Gasteiger partial charge in [-0.15, -0.1) is 0 Å². The van der Waals surface area contributed by atoms with Crippen molar-refractivity contribution in [1.82, 2.24) is 4.90 Å². The van der Waals surface area contributed by atoms with Crippen LogP contribution in [-0.2, 0) is 16.1 Å². The molecule has 2 N–H and O–H groups in total. The summed E-state index contributed by atoms with van der Waals surface area (Å²) in [6.07, 6.45) is 1.27. The Bertz CT molecular complexity index is 341. The first-order chi connectivity index (χ1) is 8.76. The zero-order valence-corrected chi connectivity index (χ0v) is 11.0. The molecule has 100 valence electrons. The minimum Gasteiger partial charge on any atom is -0.469 e. The zero-order valence-electron chi connectivity index (χ0n) is 11.0. The van der Waals surface area contributed by atoms with Crippen molar-refractivity contribution < 1.29 is 9.53 Å². The second kappa shape index (κ2) is 8.66. The van der Waals surface area contributed by atoms with E-state index in [1.165, 1.54) is 12.7 Å². The van der Waals surface area contributed by atoms with E-state index in [1.54, 1.807) is 0 Å². The largest absolute Gasteiger partial charge is 0.469 e. The standard InChI is InChI=1S/C14H22N2O2/c1-18-14(17)8-5-10-16(11-9-15)12-13-6-3-2-4-7-13/h2-4,6-7H,5,8-12,15H2,1H3. The van der Waals surface area contributed by atoms with E-state index in [9.17, 15) is 4.79 Å². The van der Waals surface area contributed by atoms with Crippen LogP contribution in [0.5, 0.6) is 0 Å².